The van der Waals surface area contributed by atoms with E-state index in [1.54, 1.807) is 0 Å². The van der Waals surface area contributed by atoms with Gasteiger partial charge in [-0.2, -0.15) is 0 Å². The Labute approximate surface area is 121 Å². The first-order chi connectivity index (χ1) is 8.89. The third-order valence-corrected chi connectivity index (χ3v) is 4.40. The van der Waals surface area contributed by atoms with Crippen LogP contribution in [-0.4, -0.2) is 11.4 Å². The van der Waals surface area contributed by atoms with E-state index in [4.69, 9.17) is 5.73 Å². The van der Waals surface area contributed by atoms with Crippen molar-refractivity contribution >= 4 is 27.5 Å². The molecular formula is C14H20BrFN2O. The SMILES string of the molecule is CCC(CC)(CC)NC(=O)c1cc(N)c(F)cc1Br. The minimum Gasteiger partial charge on any atom is -0.396 e. The average Bonchev–Trinajstić information content (AvgIpc) is 2.40. The Morgan fingerprint density at radius 2 is 1.84 bits per heavy atom. The fraction of sp³-hybridized carbons (Fsp3) is 0.500. The number of carbonyl (C=O) groups is 1. The summed E-state index contributed by atoms with van der Waals surface area (Å²) < 4.78 is 13.7. The van der Waals surface area contributed by atoms with Crippen molar-refractivity contribution in [2.75, 3.05) is 5.73 Å². The molecule has 0 spiro atoms. The molecule has 19 heavy (non-hydrogen) atoms. The lowest BCUT2D eigenvalue weighted by molar-refractivity contribution is 0.0887. The molecular weight excluding hydrogens is 311 g/mol. The minimum atomic E-state index is -0.531. The van der Waals surface area contributed by atoms with Gasteiger partial charge in [0.15, 0.2) is 0 Å². The molecule has 0 bridgehead atoms. The summed E-state index contributed by atoms with van der Waals surface area (Å²) in [6, 6.07) is 2.58. The van der Waals surface area contributed by atoms with Crippen molar-refractivity contribution in [1.82, 2.24) is 5.32 Å². The fourth-order valence-electron chi connectivity index (χ4n) is 2.06. The number of nitrogens with one attached hydrogen (secondary N) is 1. The Bertz CT molecular complexity index is 464. The van der Waals surface area contributed by atoms with Crippen molar-refractivity contribution in [3.63, 3.8) is 0 Å². The van der Waals surface area contributed by atoms with Crippen LogP contribution in [0.1, 0.15) is 50.4 Å². The summed E-state index contributed by atoms with van der Waals surface area (Å²) in [6.07, 6.45) is 2.54. The topological polar surface area (TPSA) is 55.1 Å². The Morgan fingerprint density at radius 1 is 1.32 bits per heavy atom. The maximum absolute atomic E-state index is 13.3. The maximum Gasteiger partial charge on any atom is 0.252 e. The zero-order valence-electron chi connectivity index (χ0n) is 11.5. The van der Waals surface area contributed by atoms with Gasteiger partial charge in [0.1, 0.15) is 5.82 Å². The molecule has 3 N–H and O–H groups in total. The van der Waals surface area contributed by atoms with Crippen molar-refractivity contribution in [2.45, 2.75) is 45.6 Å². The summed E-state index contributed by atoms with van der Waals surface area (Å²) in [5, 5.41) is 3.04. The lowest BCUT2D eigenvalue weighted by Gasteiger charge is -2.32. The van der Waals surface area contributed by atoms with Crippen LogP contribution in [0.5, 0.6) is 0 Å². The monoisotopic (exact) mass is 330 g/mol. The predicted octanol–water partition coefficient (Wildman–Crippen LogP) is 3.87. The number of anilines is 1. The van der Waals surface area contributed by atoms with Gasteiger partial charge in [-0.3, -0.25) is 4.79 Å². The number of benzene rings is 1. The van der Waals surface area contributed by atoms with E-state index in [1.807, 2.05) is 20.8 Å². The maximum atomic E-state index is 13.3. The van der Waals surface area contributed by atoms with Gasteiger partial charge in [0.2, 0.25) is 0 Å². The normalized spacial score (nSPS) is 11.4. The zero-order valence-corrected chi connectivity index (χ0v) is 13.1. The van der Waals surface area contributed by atoms with E-state index in [-0.39, 0.29) is 17.1 Å². The van der Waals surface area contributed by atoms with Crippen LogP contribution >= 0.6 is 15.9 Å². The molecule has 0 saturated heterocycles. The molecule has 0 atom stereocenters. The molecule has 0 aliphatic heterocycles. The summed E-state index contributed by atoms with van der Waals surface area (Å²) in [6.45, 7) is 6.13. The van der Waals surface area contributed by atoms with Crippen molar-refractivity contribution in [2.24, 2.45) is 0 Å². The van der Waals surface area contributed by atoms with Crippen LogP contribution in [0.2, 0.25) is 0 Å². The van der Waals surface area contributed by atoms with Crippen LogP contribution in [0.3, 0.4) is 0 Å². The van der Waals surface area contributed by atoms with E-state index in [2.05, 4.69) is 21.2 Å². The van der Waals surface area contributed by atoms with Crippen molar-refractivity contribution in [1.29, 1.82) is 0 Å². The van der Waals surface area contributed by atoms with Gasteiger partial charge in [-0.05, 0) is 47.3 Å². The third-order valence-electron chi connectivity index (χ3n) is 3.74. The van der Waals surface area contributed by atoms with E-state index < -0.39 is 5.82 Å². The number of nitrogens with two attached hydrogens (primary N) is 1. The Hall–Kier alpha value is -1.10. The van der Waals surface area contributed by atoms with Gasteiger partial charge >= 0.3 is 0 Å². The van der Waals surface area contributed by atoms with Crippen LogP contribution in [-0.2, 0) is 0 Å². The fourth-order valence-corrected chi connectivity index (χ4v) is 2.56. The van der Waals surface area contributed by atoms with Crippen LogP contribution in [0.4, 0.5) is 10.1 Å². The second kappa shape index (κ2) is 6.37. The molecule has 0 heterocycles. The molecule has 0 unspecified atom stereocenters. The molecule has 106 valence electrons. The van der Waals surface area contributed by atoms with Gasteiger partial charge in [0, 0.05) is 10.0 Å². The summed E-state index contributed by atoms with van der Waals surface area (Å²) in [7, 11) is 0. The number of halogens is 2. The van der Waals surface area contributed by atoms with E-state index in [0.717, 1.165) is 19.3 Å². The third kappa shape index (κ3) is 3.47. The van der Waals surface area contributed by atoms with Gasteiger partial charge in [-0.25, -0.2) is 4.39 Å². The number of rotatable bonds is 5. The van der Waals surface area contributed by atoms with Crippen molar-refractivity contribution in [3.05, 3.63) is 28.0 Å². The van der Waals surface area contributed by atoms with Gasteiger partial charge in [0.05, 0.1) is 11.3 Å². The minimum absolute atomic E-state index is 0.0246. The summed E-state index contributed by atoms with van der Waals surface area (Å²) in [5.41, 5.74) is 5.63. The first kappa shape index (κ1) is 16.0. The number of nitrogen functional groups attached to an aromatic ring is 1. The molecule has 5 heteroatoms. The van der Waals surface area contributed by atoms with Gasteiger partial charge < -0.3 is 11.1 Å². The first-order valence-corrected chi connectivity index (χ1v) is 7.25. The highest BCUT2D eigenvalue weighted by molar-refractivity contribution is 9.10. The molecule has 3 nitrogen and oxygen atoms in total. The largest absolute Gasteiger partial charge is 0.396 e. The number of carbonyl (C=O) groups excluding carboxylic acids is 1. The van der Waals surface area contributed by atoms with Gasteiger partial charge in [0.25, 0.3) is 5.91 Å². The standard InChI is InChI=1S/C14H20BrFN2O/c1-4-14(5-2,6-3)18-13(19)9-7-12(17)11(16)8-10(9)15/h7-8H,4-6,17H2,1-3H3,(H,18,19). The van der Waals surface area contributed by atoms with E-state index in [9.17, 15) is 9.18 Å². The lowest BCUT2D eigenvalue weighted by Crippen LogP contribution is -2.47. The number of hydrogen-bond acceptors (Lipinski definition) is 2. The highest BCUT2D eigenvalue weighted by atomic mass is 79.9. The average molecular weight is 331 g/mol. The van der Waals surface area contributed by atoms with Crippen LogP contribution in [0.15, 0.2) is 16.6 Å². The Kier molecular flexibility index (Phi) is 5.35. The van der Waals surface area contributed by atoms with Crippen LogP contribution in [0, 0.1) is 5.82 Å². The van der Waals surface area contributed by atoms with E-state index in [0.29, 0.717) is 10.0 Å². The zero-order chi connectivity index (χ0) is 14.6. The number of hydrogen-bond donors (Lipinski definition) is 2. The highest BCUT2D eigenvalue weighted by Gasteiger charge is 2.27. The molecule has 0 saturated carbocycles. The molecule has 0 aromatic heterocycles. The molecule has 0 fully saturated rings. The lowest BCUT2D eigenvalue weighted by atomic mass is 9.89. The van der Waals surface area contributed by atoms with Crippen molar-refractivity contribution in [3.8, 4) is 0 Å². The molecule has 1 amide bonds. The molecule has 0 radical (unpaired) electrons. The summed E-state index contributed by atoms with van der Waals surface area (Å²) in [5.74, 6) is -0.764. The Morgan fingerprint density at radius 3 is 2.32 bits per heavy atom. The molecule has 1 aromatic carbocycles. The van der Waals surface area contributed by atoms with E-state index in [1.165, 1.54) is 12.1 Å². The molecule has 0 aliphatic carbocycles. The van der Waals surface area contributed by atoms with E-state index >= 15 is 0 Å². The van der Waals surface area contributed by atoms with Crippen LogP contribution in [0.25, 0.3) is 0 Å². The first-order valence-electron chi connectivity index (χ1n) is 6.46. The highest BCUT2D eigenvalue weighted by Crippen LogP contribution is 2.25. The number of amides is 1. The predicted molar refractivity (Wildman–Crippen MR) is 79.6 cm³/mol. The molecule has 0 aliphatic rings. The second-order valence-corrected chi connectivity index (χ2v) is 5.50. The second-order valence-electron chi connectivity index (χ2n) is 4.65. The summed E-state index contributed by atoms with van der Waals surface area (Å²) >= 11 is 3.20. The van der Waals surface area contributed by atoms with Gasteiger partial charge in [-0.15, -0.1) is 0 Å². The molecule has 1 aromatic rings. The quantitative estimate of drug-likeness (QED) is 0.805. The molecule has 1 rings (SSSR count). The van der Waals surface area contributed by atoms with Crippen LogP contribution < -0.4 is 11.1 Å². The summed E-state index contributed by atoms with van der Waals surface area (Å²) in [4.78, 5) is 12.3. The van der Waals surface area contributed by atoms with Gasteiger partial charge in [-0.1, -0.05) is 20.8 Å². The smallest absolute Gasteiger partial charge is 0.252 e. The Balaban J connectivity index is 3.04. The van der Waals surface area contributed by atoms with Crippen molar-refractivity contribution < 1.29 is 9.18 Å².